The fraction of sp³-hybridized carbons (Fsp3) is 0.565. The van der Waals surface area contributed by atoms with E-state index in [1.54, 1.807) is 0 Å². The molecule has 1 saturated carbocycles. The van der Waals surface area contributed by atoms with E-state index in [0.717, 1.165) is 30.7 Å². The van der Waals surface area contributed by atoms with Crippen LogP contribution in [0.25, 0.3) is 0 Å². The molecule has 1 aliphatic heterocycles. The van der Waals surface area contributed by atoms with Crippen molar-refractivity contribution in [3.05, 3.63) is 47.5 Å². The van der Waals surface area contributed by atoms with Crippen LogP contribution < -0.4 is 0 Å². The van der Waals surface area contributed by atoms with E-state index in [1.807, 2.05) is 0 Å². The predicted octanol–water partition coefficient (Wildman–Crippen LogP) is 2.73. The second-order valence-corrected chi connectivity index (χ2v) is 8.40. The minimum absolute atomic E-state index is 0.898. The molecule has 1 aromatic carbocycles. The summed E-state index contributed by atoms with van der Waals surface area (Å²) >= 11 is 0. The van der Waals surface area contributed by atoms with E-state index >= 15 is 0 Å². The van der Waals surface area contributed by atoms with Gasteiger partial charge in [0.1, 0.15) is 0 Å². The number of piperazine rings is 1. The lowest BCUT2D eigenvalue weighted by Gasteiger charge is -2.37. The standard InChI is InChI=1S/C21H30N2.C2H2O4/c1-2-17-3-5-18(6-4-17)15-22-9-11-23(12-10-22)16-21-14-19-7-8-20(21)13-19;3-1(4)2(5)6/h3-8,19-21H,2,9-16H2,1H3;(H,3,4)(H,5,6). The van der Waals surface area contributed by atoms with Crippen LogP contribution in [0.3, 0.4) is 0 Å². The number of fused-ring (bicyclic) bond motifs is 2. The molecule has 0 aromatic heterocycles. The van der Waals surface area contributed by atoms with Crippen molar-refractivity contribution < 1.29 is 19.8 Å². The van der Waals surface area contributed by atoms with Gasteiger partial charge in [0, 0.05) is 39.3 Å². The van der Waals surface area contributed by atoms with Gasteiger partial charge in [0.15, 0.2) is 0 Å². The molecule has 2 aliphatic carbocycles. The summed E-state index contributed by atoms with van der Waals surface area (Å²) in [4.78, 5) is 23.5. The highest BCUT2D eigenvalue weighted by Crippen LogP contribution is 2.43. The molecule has 6 nitrogen and oxygen atoms in total. The molecule has 1 saturated heterocycles. The molecule has 2 N–H and O–H groups in total. The normalized spacial score (nSPS) is 26.2. The largest absolute Gasteiger partial charge is 0.473 e. The fourth-order valence-corrected chi connectivity index (χ4v) is 4.70. The third-order valence-electron chi connectivity index (χ3n) is 6.39. The van der Waals surface area contributed by atoms with Crippen molar-refractivity contribution in [1.82, 2.24) is 9.80 Å². The molecule has 3 unspecified atom stereocenters. The van der Waals surface area contributed by atoms with Crippen molar-refractivity contribution >= 4 is 11.9 Å². The Morgan fingerprint density at radius 2 is 1.48 bits per heavy atom. The van der Waals surface area contributed by atoms with Crippen LogP contribution in [0, 0.1) is 17.8 Å². The molecule has 3 atom stereocenters. The van der Waals surface area contributed by atoms with Crippen LogP contribution in [0.5, 0.6) is 0 Å². The van der Waals surface area contributed by atoms with Gasteiger partial charge in [-0.2, -0.15) is 0 Å². The van der Waals surface area contributed by atoms with Gasteiger partial charge in [0.2, 0.25) is 0 Å². The maximum absolute atomic E-state index is 9.10. The Bertz CT molecular complexity index is 711. The van der Waals surface area contributed by atoms with Gasteiger partial charge >= 0.3 is 11.9 Å². The average molecular weight is 401 g/mol. The number of carboxylic acids is 2. The summed E-state index contributed by atoms with van der Waals surface area (Å²) in [6, 6.07) is 9.20. The molecular formula is C23H32N2O4. The highest BCUT2D eigenvalue weighted by molar-refractivity contribution is 6.27. The van der Waals surface area contributed by atoms with Crippen LogP contribution in [0.15, 0.2) is 36.4 Å². The van der Waals surface area contributed by atoms with Gasteiger partial charge in [-0.1, -0.05) is 43.3 Å². The monoisotopic (exact) mass is 400 g/mol. The van der Waals surface area contributed by atoms with Crippen LogP contribution in [-0.2, 0) is 22.6 Å². The molecule has 2 bridgehead atoms. The van der Waals surface area contributed by atoms with E-state index in [0.29, 0.717) is 0 Å². The van der Waals surface area contributed by atoms with Gasteiger partial charge in [0.05, 0.1) is 0 Å². The van der Waals surface area contributed by atoms with Crippen molar-refractivity contribution in [3.8, 4) is 0 Å². The lowest BCUT2D eigenvalue weighted by atomic mass is 9.93. The predicted molar refractivity (Wildman–Crippen MR) is 112 cm³/mol. The summed E-state index contributed by atoms with van der Waals surface area (Å²) in [6.45, 7) is 9.65. The summed E-state index contributed by atoms with van der Waals surface area (Å²) in [5.74, 6) is -0.893. The molecule has 0 radical (unpaired) electrons. The van der Waals surface area contributed by atoms with Gasteiger partial charge in [-0.15, -0.1) is 0 Å². The Morgan fingerprint density at radius 3 is 1.97 bits per heavy atom. The molecule has 1 aromatic rings. The summed E-state index contributed by atoms with van der Waals surface area (Å²) in [5.41, 5.74) is 2.91. The number of carboxylic acid groups (broad SMARTS) is 2. The number of allylic oxidation sites excluding steroid dienone is 2. The first-order chi connectivity index (χ1) is 13.9. The first-order valence-electron chi connectivity index (χ1n) is 10.6. The van der Waals surface area contributed by atoms with E-state index in [2.05, 4.69) is 53.1 Å². The van der Waals surface area contributed by atoms with Crippen molar-refractivity contribution in [2.24, 2.45) is 17.8 Å². The second-order valence-electron chi connectivity index (χ2n) is 8.40. The number of aliphatic carboxylic acids is 2. The fourth-order valence-electron chi connectivity index (χ4n) is 4.70. The van der Waals surface area contributed by atoms with E-state index in [9.17, 15) is 0 Å². The lowest BCUT2D eigenvalue weighted by molar-refractivity contribution is -0.159. The summed E-state index contributed by atoms with van der Waals surface area (Å²) in [7, 11) is 0. The molecule has 1 heterocycles. The maximum Gasteiger partial charge on any atom is 0.414 e. The molecule has 6 heteroatoms. The van der Waals surface area contributed by atoms with Crippen molar-refractivity contribution in [2.75, 3.05) is 32.7 Å². The third kappa shape index (κ3) is 6.15. The van der Waals surface area contributed by atoms with Crippen molar-refractivity contribution in [1.29, 1.82) is 0 Å². The average Bonchev–Trinajstić information content (AvgIpc) is 3.34. The van der Waals surface area contributed by atoms with Crippen LogP contribution >= 0.6 is 0 Å². The quantitative estimate of drug-likeness (QED) is 0.584. The minimum atomic E-state index is -1.82. The van der Waals surface area contributed by atoms with E-state index < -0.39 is 11.9 Å². The van der Waals surface area contributed by atoms with Gasteiger partial charge in [-0.05, 0) is 48.1 Å². The van der Waals surface area contributed by atoms with Crippen LogP contribution in [0.2, 0.25) is 0 Å². The third-order valence-corrected chi connectivity index (χ3v) is 6.39. The molecule has 3 aliphatic rings. The molecule has 0 amide bonds. The molecular weight excluding hydrogens is 368 g/mol. The number of hydrogen-bond acceptors (Lipinski definition) is 4. The lowest BCUT2D eigenvalue weighted by Crippen LogP contribution is -2.47. The molecule has 2 fully saturated rings. The first-order valence-corrected chi connectivity index (χ1v) is 10.6. The number of nitrogens with zero attached hydrogens (tertiary/aromatic N) is 2. The van der Waals surface area contributed by atoms with Crippen molar-refractivity contribution in [3.63, 3.8) is 0 Å². The number of carbonyl (C=O) groups is 2. The topological polar surface area (TPSA) is 81.1 Å². The zero-order chi connectivity index (χ0) is 20.8. The van der Waals surface area contributed by atoms with E-state index in [-0.39, 0.29) is 0 Å². The smallest absolute Gasteiger partial charge is 0.414 e. The van der Waals surface area contributed by atoms with E-state index in [1.165, 1.54) is 56.7 Å². The summed E-state index contributed by atoms with van der Waals surface area (Å²) < 4.78 is 0. The highest BCUT2D eigenvalue weighted by Gasteiger charge is 2.36. The summed E-state index contributed by atoms with van der Waals surface area (Å²) in [6.07, 6.45) is 8.98. The van der Waals surface area contributed by atoms with Crippen LogP contribution in [0.1, 0.15) is 30.9 Å². The minimum Gasteiger partial charge on any atom is -0.473 e. The van der Waals surface area contributed by atoms with Crippen LogP contribution in [-0.4, -0.2) is 64.7 Å². The van der Waals surface area contributed by atoms with Crippen molar-refractivity contribution in [2.45, 2.75) is 32.7 Å². The Hall–Kier alpha value is -2.18. The number of rotatable bonds is 5. The zero-order valence-corrected chi connectivity index (χ0v) is 17.2. The maximum atomic E-state index is 9.10. The first kappa shape index (κ1) is 21.5. The molecule has 0 spiro atoms. The second kappa shape index (κ2) is 10.0. The number of benzene rings is 1. The molecule has 29 heavy (non-hydrogen) atoms. The van der Waals surface area contributed by atoms with E-state index in [4.69, 9.17) is 19.8 Å². The highest BCUT2D eigenvalue weighted by atomic mass is 16.4. The molecule has 4 rings (SSSR count). The van der Waals surface area contributed by atoms with Gasteiger partial charge in [-0.3, -0.25) is 4.90 Å². The Morgan fingerprint density at radius 1 is 0.897 bits per heavy atom. The number of aryl methyl sites for hydroxylation is 1. The Kier molecular flexibility index (Phi) is 7.45. The zero-order valence-electron chi connectivity index (χ0n) is 17.2. The van der Waals surface area contributed by atoms with Gasteiger partial charge in [-0.25, -0.2) is 9.59 Å². The Labute approximate surface area is 172 Å². The number of hydrogen-bond donors (Lipinski definition) is 2. The van der Waals surface area contributed by atoms with Gasteiger partial charge < -0.3 is 15.1 Å². The van der Waals surface area contributed by atoms with Crippen LogP contribution in [0.4, 0.5) is 0 Å². The summed E-state index contributed by atoms with van der Waals surface area (Å²) in [5, 5.41) is 14.8. The van der Waals surface area contributed by atoms with Gasteiger partial charge in [0.25, 0.3) is 0 Å². The SMILES string of the molecule is CCc1ccc(CN2CCN(CC3CC4C=CC3C4)CC2)cc1.O=C(O)C(=O)O. The Balaban J connectivity index is 0.000000353. The molecule has 158 valence electrons.